The lowest BCUT2D eigenvalue weighted by molar-refractivity contribution is -0.384. The smallest absolute Gasteiger partial charge is 0.343 e. The fourth-order valence-electron chi connectivity index (χ4n) is 1.87. The van der Waals surface area contributed by atoms with Crippen LogP contribution in [-0.2, 0) is 9.53 Å². The van der Waals surface area contributed by atoms with Gasteiger partial charge in [0, 0.05) is 18.0 Å². The fraction of sp³-hybridized carbons (Fsp3) is 0.200. The van der Waals surface area contributed by atoms with Gasteiger partial charge in [-0.15, -0.1) is 0 Å². The molecule has 0 aliphatic carbocycles. The molecule has 114 valence electrons. The summed E-state index contributed by atoms with van der Waals surface area (Å²) < 4.78 is 9.72. The van der Waals surface area contributed by atoms with Gasteiger partial charge in [0.05, 0.1) is 18.1 Å². The van der Waals surface area contributed by atoms with E-state index in [9.17, 15) is 14.9 Å². The summed E-state index contributed by atoms with van der Waals surface area (Å²) in [6.45, 7) is 1.52. The highest BCUT2D eigenvalue weighted by atomic mass is 16.6. The van der Waals surface area contributed by atoms with Gasteiger partial charge >= 0.3 is 5.97 Å². The van der Waals surface area contributed by atoms with Crippen molar-refractivity contribution in [3.05, 3.63) is 52.3 Å². The van der Waals surface area contributed by atoms with Crippen LogP contribution in [0, 0.1) is 17.0 Å². The van der Waals surface area contributed by atoms with Gasteiger partial charge in [-0.1, -0.05) is 0 Å². The van der Waals surface area contributed by atoms with Gasteiger partial charge < -0.3 is 9.47 Å². The van der Waals surface area contributed by atoms with Crippen molar-refractivity contribution in [2.75, 3.05) is 13.7 Å². The van der Waals surface area contributed by atoms with Gasteiger partial charge in [-0.2, -0.15) is 0 Å². The van der Waals surface area contributed by atoms with Gasteiger partial charge in [-0.3, -0.25) is 15.1 Å². The standard InChI is InChI=1S/C15H14N2O5/c1-10-5-11(3-4-16-10)12-6-13(17(19)20)8-14(7-12)22-9-15(18)21-2/h3-8H,9H2,1-2H3. The van der Waals surface area contributed by atoms with Crippen LogP contribution in [0.2, 0.25) is 0 Å². The molecule has 0 unspecified atom stereocenters. The third-order valence-electron chi connectivity index (χ3n) is 2.92. The molecule has 0 fully saturated rings. The zero-order chi connectivity index (χ0) is 16.1. The maximum atomic E-state index is 11.1. The predicted molar refractivity (Wildman–Crippen MR) is 78.6 cm³/mol. The number of benzene rings is 1. The normalized spacial score (nSPS) is 10.1. The van der Waals surface area contributed by atoms with Crippen molar-refractivity contribution in [2.45, 2.75) is 6.92 Å². The highest BCUT2D eigenvalue weighted by Gasteiger charge is 2.13. The summed E-state index contributed by atoms with van der Waals surface area (Å²) in [5, 5.41) is 11.0. The maximum absolute atomic E-state index is 11.1. The molecule has 1 aromatic heterocycles. The summed E-state index contributed by atoms with van der Waals surface area (Å²) in [5.74, 6) is -0.336. The number of hydrogen-bond donors (Lipinski definition) is 0. The Kier molecular flexibility index (Phi) is 4.67. The Labute approximate surface area is 126 Å². The minimum absolute atomic E-state index is 0.119. The molecule has 0 atom stereocenters. The van der Waals surface area contributed by atoms with Crippen molar-refractivity contribution in [1.29, 1.82) is 0 Å². The Morgan fingerprint density at radius 1 is 1.27 bits per heavy atom. The molecular weight excluding hydrogens is 288 g/mol. The lowest BCUT2D eigenvalue weighted by atomic mass is 10.1. The molecule has 0 amide bonds. The van der Waals surface area contributed by atoms with Gasteiger partial charge in [0.15, 0.2) is 6.61 Å². The molecule has 1 heterocycles. The van der Waals surface area contributed by atoms with Crippen molar-refractivity contribution < 1.29 is 19.2 Å². The number of nitro groups is 1. The van der Waals surface area contributed by atoms with E-state index in [1.54, 1.807) is 18.3 Å². The van der Waals surface area contributed by atoms with Gasteiger partial charge in [-0.05, 0) is 36.2 Å². The van der Waals surface area contributed by atoms with Crippen LogP contribution in [-0.4, -0.2) is 29.6 Å². The van der Waals surface area contributed by atoms with Crippen molar-refractivity contribution in [3.8, 4) is 16.9 Å². The second kappa shape index (κ2) is 6.66. The Balaban J connectivity index is 2.39. The largest absolute Gasteiger partial charge is 0.482 e. The SMILES string of the molecule is COC(=O)COc1cc(-c2ccnc(C)c2)cc([N+](=O)[O-])c1. The second-order valence-electron chi connectivity index (χ2n) is 4.52. The molecule has 22 heavy (non-hydrogen) atoms. The zero-order valence-corrected chi connectivity index (χ0v) is 12.1. The number of aryl methyl sites for hydroxylation is 1. The number of methoxy groups -OCH3 is 1. The number of hydrogen-bond acceptors (Lipinski definition) is 6. The highest BCUT2D eigenvalue weighted by Crippen LogP contribution is 2.29. The van der Waals surface area contributed by atoms with Crippen LogP contribution in [0.25, 0.3) is 11.1 Å². The molecule has 0 saturated carbocycles. The van der Waals surface area contributed by atoms with Crippen LogP contribution in [0.3, 0.4) is 0 Å². The number of esters is 1. The number of carbonyl (C=O) groups is 1. The molecule has 0 radical (unpaired) electrons. The molecule has 0 aliphatic heterocycles. The number of non-ortho nitro benzene ring substituents is 1. The van der Waals surface area contributed by atoms with Crippen LogP contribution in [0.1, 0.15) is 5.69 Å². The Hall–Kier alpha value is -2.96. The molecule has 7 nitrogen and oxygen atoms in total. The van der Waals surface area contributed by atoms with E-state index in [2.05, 4.69) is 9.72 Å². The first-order valence-corrected chi connectivity index (χ1v) is 6.41. The van der Waals surface area contributed by atoms with E-state index < -0.39 is 10.9 Å². The van der Waals surface area contributed by atoms with Crippen molar-refractivity contribution in [1.82, 2.24) is 4.98 Å². The Morgan fingerprint density at radius 3 is 2.68 bits per heavy atom. The van der Waals surface area contributed by atoms with Crippen LogP contribution in [0.15, 0.2) is 36.5 Å². The summed E-state index contributed by atoms with van der Waals surface area (Å²) in [5.41, 5.74) is 2.06. The Morgan fingerprint density at radius 2 is 2.05 bits per heavy atom. The minimum Gasteiger partial charge on any atom is -0.482 e. The summed E-state index contributed by atoms with van der Waals surface area (Å²) in [6.07, 6.45) is 1.62. The summed E-state index contributed by atoms with van der Waals surface area (Å²) in [7, 11) is 1.24. The predicted octanol–water partition coefficient (Wildman–Crippen LogP) is 2.52. The first kappa shape index (κ1) is 15.4. The lowest BCUT2D eigenvalue weighted by Crippen LogP contribution is -2.12. The third kappa shape index (κ3) is 3.78. The average molecular weight is 302 g/mol. The van der Waals surface area contributed by atoms with E-state index >= 15 is 0 Å². The number of aromatic nitrogens is 1. The lowest BCUT2D eigenvalue weighted by Gasteiger charge is -2.08. The minimum atomic E-state index is -0.562. The third-order valence-corrected chi connectivity index (χ3v) is 2.92. The molecule has 2 rings (SSSR count). The van der Waals surface area contributed by atoms with E-state index in [1.807, 2.05) is 13.0 Å². The first-order valence-electron chi connectivity index (χ1n) is 6.41. The van der Waals surface area contributed by atoms with Gasteiger partial charge in [0.25, 0.3) is 5.69 Å². The second-order valence-corrected chi connectivity index (χ2v) is 4.52. The molecule has 0 aliphatic rings. The zero-order valence-electron chi connectivity index (χ0n) is 12.1. The summed E-state index contributed by atoms with van der Waals surface area (Å²) in [4.78, 5) is 25.7. The van der Waals surface area contributed by atoms with E-state index in [1.165, 1.54) is 19.2 Å². The molecule has 0 bridgehead atoms. The number of carbonyl (C=O) groups excluding carboxylic acids is 1. The Bertz CT molecular complexity index is 715. The number of nitro benzene ring substituents is 1. The topological polar surface area (TPSA) is 91.6 Å². The summed E-state index contributed by atoms with van der Waals surface area (Å²) >= 11 is 0. The quantitative estimate of drug-likeness (QED) is 0.479. The number of rotatable bonds is 5. The van der Waals surface area contributed by atoms with E-state index in [0.717, 1.165) is 11.3 Å². The van der Waals surface area contributed by atoms with Gasteiger partial charge in [0.2, 0.25) is 0 Å². The van der Waals surface area contributed by atoms with Crippen LogP contribution in [0.4, 0.5) is 5.69 Å². The van der Waals surface area contributed by atoms with E-state index in [-0.39, 0.29) is 18.0 Å². The van der Waals surface area contributed by atoms with E-state index in [4.69, 9.17) is 4.74 Å². The van der Waals surface area contributed by atoms with Crippen molar-refractivity contribution >= 4 is 11.7 Å². The van der Waals surface area contributed by atoms with Crippen molar-refractivity contribution in [2.24, 2.45) is 0 Å². The summed E-state index contributed by atoms with van der Waals surface area (Å²) in [6, 6.07) is 7.89. The number of nitrogens with zero attached hydrogens (tertiary/aromatic N) is 2. The molecule has 0 N–H and O–H groups in total. The van der Waals surface area contributed by atoms with Gasteiger partial charge in [0.1, 0.15) is 5.75 Å². The van der Waals surface area contributed by atoms with Crippen LogP contribution < -0.4 is 4.74 Å². The van der Waals surface area contributed by atoms with Crippen molar-refractivity contribution in [3.63, 3.8) is 0 Å². The molecule has 0 spiro atoms. The average Bonchev–Trinajstić information content (AvgIpc) is 2.52. The van der Waals surface area contributed by atoms with Crippen LogP contribution >= 0.6 is 0 Å². The maximum Gasteiger partial charge on any atom is 0.343 e. The van der Waals surface area contributed by atoms with E-state index in [0.29, 0.717) is 5.56 Å². The molecule has 2 aromatic rings. The van der Waals surface area contributed by atoms with Gasteiger partial charge in [-0.25, -0.2) is 4.79 Å². The molecule has 7 heteroatoms. The molecular formula is C15H14N2O5. The monoisotopic (exact) mass is 302 g/mol. The highest BCUT2D eigenvalue weighted by molar-refractivity contribution is 5.72. The molecule has 0 saturated heterocycles. The molecule has 1 aromatic carbocycles. The number of ether oxygens (including phenoxy) is 2. The first-order chi connectivity index (χ1) is 10.5. The fourth-order valence-corrected chi connectivity index (χ4v) is 1.87. The van der Waals surface area contributed by atoms with Crippen LogP contribution in [0.5, 0.6) is 5.75 Å². The number of pyridine rings is 1.